The summed E-state index contributed by atoms with van der Waals surface area (Å²) in [5.74, 6) is -1.48. The summed E-state index contributed by atoms with van der Waals surface area (Å²) in [5.41, 5.74) is 3.90. The number of aliphatic imine (C=N–C) groups is 1. The molecule has 5 fully saturated rings. The largest absolute Gasteiger partial charge is 0.508 e. The minimum Gasteiger partial charge on any atom is -0.508 e. The van der Waals surface area contributed by atoms with E-state index in [0.29, 0.717) is 92.4 Å². The van der Waals surface area contributed by atoms with E-state index in [2.05, 4.69) is 41.0 Å². The van der Waals surface area contributed by atoms with Crippen molar-refractivity contribution < 1.29 is 42.5 Å². The first kappa shape index (κ1) is 57.5. The number of benzene rings is 3. The topological polar surface area (TPSA) is 216 Å². The predicted octanol–water partition coefficient (Wildman–Crippen LogP) is 8.65. The number of halogens is 2. The van der Waals surface area contributed by atoms with Crippen molar-refractivity contribution in [3.8, 4) is 23.0 Å². The van der Waals surface area contributed by atoms with Crippen molar-refractivity contribution in [3.05, 3.63) is 88.7 Å². The summed E-state index contributed by atoms with van der Waals surface area (Å²) < 4.78 is 44.9. The fourth-order valence-corrected chi connectivity index (χ4v) is 13.6. The standard InChI is InChI=1S/C63H77F2N11O7/c1-6-45-49(64)20-17-40-29-44(77)30-47(52(40)45)54-53(65)55-48(32-68-54)57(74-33-41-18-19-42(34-74)70-41)73-60(72-55)83-36-63-23-10-28-76(63)43(21-24-63)35-82-61(81)67-25-8-7-12-51(78)71-56(62(3,4)5)59(80)75-27-9-11-50(75)58(79)69-31-38-13-15-39(16-14-38)46-22-26-66-37(46)2/h13-17,20,26,29-30,32,41-43,50,56,70,77H,6-12,18-19,21-25,27-28,31,33-36H2,1-5H3,(H,67,81)(H,69,79)(H,71,78)/t41?,42?,43?,50-,56?,63?/m0/s1. The van der Waals surface area contributed by atoms with E-state index in [0.717, 1.165) is 68.3 Å². The molecule has 6 aliphatic heterocycles. The summed E-state index contributed by atoms with van der Waals surface area (Å²) in [5, 5.41) is 24.8. The van der Waals surface area contributed by atoms with Crippen molar-refractivity contribution in [1.82, 2.24) is 46.0 Å². The average Bonchev–Trinajstić information content (AvgIpc) is 2.60. The Labute approximate surface area is 483 Å². The number of carbonyl (C=O) groups excluding carboxylic acids is 4. The SMILES string of the molecule is CCc1c(F)ccc2cc(O)cc(-c3ncc4c(N5CC6CCC(C5)N6)nc(OCC56CCCN5C(COC(=O)NCCCCC(=O)NC(C(=O)N5CCC[C@H]5C(=O)NCc5ccc(C7=C(C)N=CC7)cc5)C(C)(C)C)CC6)nc4c3F)c12. The van der Waals surface area contributed by atoms with Crippen LogP contribution in [0.3, 0.4) is 0 Å². The lowest BCUT2D eigenvalue weighted by Crippen LogP contribution is -2.57. The highest BCUT2D eigenvalue weighted by Gasteiger charge is 2.50. The molecular weight excluding hydrogens is 1060 g/mol. The van der Waals surface area contributed by atoms with Gasteiger partial charge in [0.2, 0.25) is 17.7 Å². The molecule has 0 spiro atoms. The molecule has 440 valence electrons. The van der Waals surface area contributed by atoms with Crippen molar-refractivity contribution in [2.45, 2.75) is 160 Å². The number of aryl methyl sites for hydroxylation is 1. The van der Waals surface area contributed by atoms with Gasteiger partial charge < -0.3 is 45.6 Å². The molecule has 83 heavy (non-hydrogen) atoms. The Morgan fingerprint density at radius 1 is 0.940 bits per heavy atom. The number of fused-ring (bicyclic) bond motifs is 5. The van der Waals surface area contributed by atoms with Crippen LogP contribution in [0.1, 0.15) is 128 Å². The number of ether oxygens (including phenoxy) is 2. The summed E-state index contributed by atoms with van der Waals surface area (Å²) >= 11 is 0. The first-order valence-electron chi connectivity index (χ1n) is 29.8. The van der Waals surface area contributed by atoms with Gasteiger partial charge in [-0.15, -0.1) is 0 Å². The fourth-order valence-electron chi connectivity index (χ4n) is 13.6. The van der Waals surface area contributed by atoms with Gasteiger partial charge in [-0.05, 0) is 141 Å². The molecule has 5 unspecified atom stereocenters. The number of pyridine rings is 1. The van der Waals surface area contributed by atoms with Crippen LogP contribution in [0.2, 0.25) is 0 Å². The van der Waals surface area contributed by atoms with E-state index in [1.807, 2.05) is 65.1 Å². The maximum atomic E-state index is 17.3. The third kappa shape index (κ3) is 12.1. The zero-order valence-electron chi connectivity index (χ0n) is 48.3. The minimum absolute atomic E-state index is 0.0217. The zero-order chi connectivity index (χ0) is 58.2. The van der Waals surface area contributed by atoms with E-state index >= 15 is 8.78 Å². The molecule has 18 nitrogen and oxygen atoms in total. The molecule has 3 aromatic carbocycles. The van der Waals surface area contributed by atoms with Gasteiger partial charge in [0.15, 0.2) is 5.82 Å². The summed E-state index contributed by atoms with van der Waals surface area (Å²) in [6.45, 7) is 13.1. The van der Waals surface area contributed by atoms with Crippen LogP contribution in [0, 0.1) is 17.0 Å². The fraction of sp³-hybridized carbons (Fsp3) is 0.524. The molecule has 0 aliphatic carbocycles. The molecule has 5 N–H and O–H groups in total. The van der Waals surface area contributed by atoms with Gasteiger partial charge in [0.25, 0.3) is 0 Å². The second kappa shape index (κ2) is 24.1. The van der Waals surface area contributed by atoms with Crippen molar-refractivity contribution in [1.29, 1.82) is 0 Å². The Bertz CT molecular complexity index is 3360. The number of likely N-dealkylation sites (tertiary alicyclic amines) is 1. The average molecular weight is 1140 g/mol. The smallest absolute Gasteiger partial charge is 0.407 e. The number of nitrogens with one attached hydrogen (secondary N) is 4. The van der Waals surface area contributed by atoms with Crippen LogP contribution in [-0.2, 0) is 32.1 Å². The lowest BCUT2D eigenvalue weighted by Gasteiger charge is -2.35. The van der Waals surface area contributed by atoms with Gasteiger partial charge in [-0.1, -0.05) is 58.0 Å². The van der Waals surface area contributed by atoms with Crippen LogP contribution in [0.4, 0.5) is 19.4 Å². The summed E-state index contributed by atoms with van der Waals surface area (Å²) in [7, 11) is 0. The van der Waals surface area contributed by atoms with E-state index in [1.165, 1.54) is 23.8 Å². The van der Waals surface area contributed by atoms with Crippen LogP contribution < -0.4 is 30.9 Å². The van der Waals surface area contributed by atoms with Crippen LogP contribution in [0.15, 0.2) is 65.4 Å². The Morgan fingerprint density at radius 2 is 1.73 bits per heavy atom. The van der Waals surface area contributed by atoms with Crippen LogP contribution in [0.25, 0.3) is 38.5 Å². The van der Waals surface area contributed by atoms with Gasteiger partial charge in [0, 0.05) is 87.4 Å². The number of aromatic nitrogens is 3. The molecule has 0 radical (unpaired) electrons. The minimum atomic E-state index is -0.838. The summed E-state index contributed by atoms with van der Waals surface area (Å²) in [6, 6.07) is 13.0. The van der Waals surface area contributed by atoms with Gasteiger partial charge in [0.1, 0.15) is 53.9 Å². The molecule has 0 saturated carbocycles. The Kier molecular flexibility index (Phi) is 16.7. The van der Waals surface area contributed by atoms with E-state index in [-0.39, 0.29) is 89.6 Å². The quantitative estimate of drug-likeness (QED) is 0.0490. The Hall–Kier alpha value is -7.32. The maximum Gasteiger partial charge on any atom is 0.407 e. The zero-order valence-corrected chi connectivity index (χ0v) is 48.3. The maximum absolute atomic E-state index is 17.3. The van der Waals surface area contributed by atoms with Crippen molar-refractivity contribution in [2.24, 2.45) is 10.4 Å². The number of anilines is 1. The second-order valence-electron chi connectivity index (χ2n) is 24.6. The number of alkyl carbamates (subject to hydrolysis) is 1. The number of nitrogens with zero attached hydrogens (tertiary/aromatic N) is 7. The van der Waals surface area contributed by atoms with E-state index in [4.69, 9.17) is 19.4 Å². The van der Waals surface area contributed by atoms with Crippen molar-refractivity contribution >= 4 is 63.1 Å². The summed E-state index contributed by atoms with van der Waals surface area (Å²) in [6.07, 6.45) is 11.8. The number of piperazine rings is 1. The van der Waals surface area contributed by atoms with Gasteiger partial charge in [-0.2, -0.15) is 9.97 Å². The number of rotatable bonds is 19. The third-order valence-corrected chi connectivity index (χ3v) is 18.0. The number of allylic oxidation sites excluding steroid dienone is 2. The molecule has 11 rings (SSSR count). The third-order valence-electron chi connectivity index (χ3n) is 18.0. The van der Waals surface area contributed by atoms with Gasteiger partial charge >= 0.3 is 12.1 Å². The Balaban J connectivity index is 0.666. The highest BCUT2D eigenvalue weighted by atomic mass is 19.1. The van der Waals surface area contributed by atoms with Gasteiger partial charge in [0.05, 0.1) is 10.9 Å². The van der Waals surface area contributed by atoms with Crippen LogP contribution in [0.5, 0.6) is 11.8 Å². The normalized spacial score (nSPS) is 22.6. The number of unbranched alkanes of at least 4 members (excludes halogenated alkanes) is 1. The molecule has 2 bridgehead atoms. The molecule has 20 heteroatoms. The highest BCUT2D eigenvalue weighted by Crippen LogP contribution is 2.44. The first-order chi connectivity index (χ1) is 40.0. The predicted molar refractivity (Wildman–Crippen MR) is 314 cm³/mol. The molecule has 8 heterocycles. The molecule has 5 aromatic rings. The lowest BCUT2D eigenvalue weighted by molar-refractivity contribution is -0.143. The lowest BCUT2D eigenvalue weighted by atomic mass is 9.85. The van der Waals surface area contributed by atoms with Gasteiger partial charge in [-0.25, -0.2) is 13.6 Å². The van der Waals surface area contributed by atoms with Crippen LogP contribution in [-0.4, -0.2) is 142 Å². The number of phenolic OH excluding ortho intramolecular Hbond substituents is 1. The summed E-state index contributed by atoms with van der Waals surface area (Å²) in [4.78, 5) is 78.9. The monoisotopic (exact) mass is 1140 g/mol. The number of hydrogen-bond acceptors (Lipinski definition) is 14. The number of amides is 4. The molecule has 4 amide bonds. The van der Waals surface area contributed by atoms with E-state index in [9.17, 15) is 24.3 Å². The number of phenols is 1. The molecular formula is C63H77F2N11O7. The van der Waals surface area contributed by atoms with Crippen molar-refractivity contribution in [2.75, 3.05) is 50.8 Å². The van der Waals surface area contributed by atoms with E-state index < -0.39 is 35.2 Å². The molecule has 2 aromatic heterocycles. The highest BCUT2D eigenvalue weighted by molar-refractivity contribution is 6.02. The van der Waals surface area contributed by atoms with Crippen molar-refractivity contribution in [3.63, 3.8) is 0 Å². The second-order valence-corrected chi connectivity index (χ2v) is 24.6. The molecule has 6 aliphatic rings. The first-order valence-corrected chi connectivity index (χ1v) is 29.8. The van der Waals surface area contributed by atoms with E-state index in [1.54, 1.807) is 17.2 Å². The molecule has 5 saturated heterocycles. The number of aromatic hydroxyl groups is 1. The number of carbonyl (C=O) groups is 4. The Morgan fingerprint density at radius 3 is 2.48 bits per heavy atom. The van der Waals surface area contributed by atoms with Crippen LogP contribution >= 0.6 is 0 Å². The number of hydrogen-bond donors (Lipinski definition) is 5. The molecule has 6 atom stereocenters. The van der Waals surface area contributed by atoms with Gasteiger partial charge in [-0.3, -0.25) is 29.3 Å².